The number of hydrogen-bond acceptors (Lipinski definition) is 3. The third kappa shape index (κ3) is 3.18. The molecule has 2 heterocycles. The van der Waals surface area contributed by atoms with Crippen molar-refractivity contribution in [1.82, 2.24) is 4.57 Å². The predicted octanol–water partition coefficient (Wildman–Crippen LogP) is 1.16. The van der Waals surface area contributed by atoms with E-state index in [2.05, 4.69) is 35.6 Å². The number of nitrogens with one attached hydrogen (secondary N) is 1. The molecule has 5 rings (SSSR count). The molecule has 0 bridgehead atoms. The first kappa shape index (κ1) is 19.3. The van der Waals surface area contributed by atoms with Gasteiger partial charge in [0, 0.05) is 0 Å². The van der Waals surface area contributed by atoms with E-state index in [9.17, 15) is 9.59 Å². The van der Waals surface area contributed by atoms with Crippen LogP contribution >= 0.6 is 11.8 Å². The Hall–Kier alpha value is -2.06. The maximum atomic E-state index is 13.0. The van der Waals surface area contributed by atoms with E-state index in [0.717, 1.165) is 29.2 Å². The number of carbonyl (C=O) groups is 1. The van der Waals surface area contributed by atoms with Crippen LogP contribution in [0, 0.1) is 6.54 Å². The van der Waals surface area contributed by atoms with Gasteiger partial charge in [-0.3, -0.25) is 4.79 Å². The third-order valence-corrected chi connectivity index (χ3v) is 6.43. The fourth-order valence-electron chi connectivity index (χ4n) is 4.06. The molecular weight excluding hydrogens is 363 g/mol. The molecular formula is C22H19LiN2O2S. The van der Waals surface area contributed by atoms with Crippen molar-refractivity contribution in [1.29, 1.82) is 0 Å². The van der Waals surface area contributed by atoms with Crippen molar-refractivity contribution in [2.24, 2.45) is 0 Å². The molecule has 2 aliphatic rings. The van der Waals surface area contributed by atoms with E-state index >= 15 is 0 Å². The van der Waals surface area contributed by atoms with E-state index < -0.39 is 0 Å². The van der Waals surface area contributed by atoms with Gasteiger partial charge in [0.2, 0.25) is 6.41 Å². The van der Waals surface area contributed by atoms with Crippen LogP contribution in [0.1, 0.15) is 35.4 Å². The van der Waals surface area contributed by atoms with Crippen LogP contribution < -0.4 is 29.7 Å². The quantitative estimate of drug-likeness (QED) is 0.409. The Morgan fingerprint density at radius 2 is 1.96 bits per heavy atom. The maximum absolute atomic E-state index is 13.0. The minimum Gasteiger partial charge on any atom is -0.439 e. The summed E-state index contributed by atoms with van der Waals surface area (Å²) in [4.78, 5) is 24.3. The number of amides is 1. The van der Waals surface area contributed by atoms with Crippen molar-refractivity contribution in [3.63, 3.8) is 0 Å². The van der Waals surface area contributed by atoms with Crippen LogP contribution in [-0.4, -0.2) is 16.7 Å². The van der Waals surface area contributed by atoms with E-state index in [0.29, 0.717) is 24.4 Å². The van der Waals surface area contributed by atoms with Crippen molar-refractivity contribution in [2.45, 2.75) is 30.2 Å². The number of nitrogens with zero attached hydrogens (tertiary/aromatic N) is 1. The summed E-state index contributed by atoms with van der Waals surface area (Å²) in [6.45, 7) is 1.92. The smallest absolute Gasteiger partial charge is 0.439 e. The molecule has 1 aliphatic carbocycles. The summed E-state index contributed by atoms with van der Waals surface area (Å²) >= 11 is 1.72. The Balaban J connectivity index is 0.00000192. The molecule has 6 heteroatoms. The van der Waals surface area contributed by atoms with Crippen molar-refractivity contribution < 1.29 is 23.7 Å². The SMILES string of the molecule is O=CNc1c(Cc2cccc3ccccc23)c(C2CC2)c2n(c1=O)[CH-]CS2.[Li+]. The number of anilines is 1. The van der Waals surface area contributed by atoms with Crippen LogP contribution in [0.4, 0.5) is 5.69 Å². The Morgan fingerprint density at radius 1 is 1.18 bits per heavy atom. The average Bonchev–Trinajstić information content (AvgIpc) is 3.41. The third-order valence-electron chi connectivity index (χ3n) is 5.42. The van der Waals surface area contributed by atoms with Crippen LogP contribution in [-0.2, 0) is 11.2 Å². The van der Waals surface area contributed by atoms with Gasteiger partial charge in [0.05, 0.1) is 5.69 Å². The van der Waals surface area contributed by atoms with Crippen LogP contribution in [0.2, 0.25) is 0 Å². The molecule has 2 aromatic carbocycles. The van der Waals surface area contributed by atoms with Gasteiger partial charge in [-0.15, -0.1) is 6.54 Å². The number of hydrogen-bond donors (Lipinski definition) is 1. The van der Waals surface area contributed by atoms with Crippen LogP contribution in [0.5, 0.6) is 0 Å². The van der Waals surface area contributed by atoms with Gasteiger partial charge in [-0.1, -0.05) is 48.0 Å². The van der Waals surface area contributed by atoms with Crippen LogP contribution in [0.3, 0.4) is 0 Å². The number of carbonyl (C=O) groups excluding carboxylic acids is 1. The van der Waals surface area contributed by atoms with Gasteiger partial charge in [0.1, 0.15) is 0 Å². The zero-order valence-corrected chi connectivity index (χ0v) is 16.6. The normalized spacial score (nSPS) is 14.9. The van der Waals surface area contributed by atoms with Gasteiger partial charge in [-0.2, -0.15) is 11.8 Å². The number of pyridine rings is 1. The molecule has 1 fully saturated rings. The van der Waals surface area contributed by atoms with Gasteiger partial charge in [0.25, 0.3) is 0 Å². The number of fused-ring (bicyclic) bond motifs is 2. The summed E-state index contributed by atoms with van der Waals surface area (Å²) in [5.74, 6) is 1.29. The first-order valence-electron chi connectivity index (χ1n) is 9.22. The standard InChI is InChI=1S/C22H19N2O2S.Li/c25-13-23-20-18(12-16-6-3-5-14-4-1-2-7-17(14)16)19(15-8-9-15)22-24(21(20)26)10-11-27-22;/h1-7,10,13,15H,8-9,11-12H2,(H,23,25);/q-1;+1. The molecule has 1 aromatic heterocycles. The van der Waals surface area contributed by atoms with Gasteiger partial charge in [0.15, 0.2) is 5.56 Å². The van der Waals surface area contributed by atoms with Gasteiger partial charge in [-0.25, -0.2) is 0 Å². The molecule has 4 nitrogen and oxygen atoms in total. The number of aromatic nitrogens is 1. The monoisotopic (exact) mass is 382 g/mol. The molecule has 1 N–H and O–H groups in total. The van der Waals surface area contributed by atoms with Crippen molar-refractivity contribution in [2.75, 3.05) is 11.1 Å². The summed E-state index contributed by atoms with van der Waals surface area (Å²) in [6, 6.07) is 14.6. The van der Waals surface area contributed by atoms with Crippen molar-refractivity contribution in [3.05, 3.63) is 76.1 Å². The number of benzene rings is 2. The zero-order valence-electron chi connectivity index (χ0n) is 15.8. The molecule has 0 atom stereocenters. The summed E-state index contributed by atoms with van der Waals surface area (Å²) < 4.78 is 1.73. The van der Waals surface area contributed by atoms with E-state index in [4.69, 9.17) is 0 Å². The Morgan fingerprint density at radius 3 is 2.75 bits per heavy atom. The summed E-state index contributed by atoms with van der Waals surface area (Å²) in [5.41, 5.74) is 3.73. The minimum atomic E-state index is -0.123. The number of thioether (sulfide) groups is 1. The summed E-state index contributed by atoms with van der Waals surface area (Å²) in [6.07, 6.45) is 3.56. The van der Waals surface area contributed by atoms with E-state index in [1.165, 1.54) is 21.9 Å². The second-order valence-corrected chi connectivity index (χ2v) is 8.10. The van der Waals surface area contributed by atoms with Gasteiger partial charge < -0.3 is 14.7 Å². The van der Waals surface area contributed by atoms with E-state index in [1.807, 2.05) is 18.7 Å². The molecule has 1 aliphatic heterocycles. The zero-order chi connectivity index (χ0) is 18.4. The second kappa shape index (κ2) is 7.75. The van der Waals surface area contributed by atoms with Crippen LogP contribution in [0.25, 0.3) is 10.8 Å². The average molecular weight is 382 g/mol. The fraction of sp³-hybridized carbons (Fsp3) is 0.227. The first-order valence-corrected chi connectivity index (χ1v) is 10.2. The topological polar surface area (TPSA) is 51.1 Å². The molecule has 1 saturated carbocycles. The molecule has 0 radical (unpaired) electrons. The first-order chi connectivity index (χ1) is 13.3. The maximum Gasteiger partial charge on any atom is 1.00 e. The second-order valence-electron chi connectivity index (χ2n) is 7.09. The van der Waals surface area contributed by atoms with Crippen LogP contribution in [0.15, 0.2) is 52.3 Å². The van der Waals surface area contributed by atoms with Gasteiger partial charge >= 0.3 is 18.9 Å². The Labute approximate surface area is 179 Å². The predicted molar refractivity (Wildman–Crippen MR) is 110 cm³/mol. The molecule has 136 valence electrons. The van der Waals surface area contributed by atoms with E-state index in [-0.39, 0.29) is 24.4 Å². The summed E-state index contributed by atoms with van der Waals surface area (Å²) in [7, 11) is 0. The molecule has 1 amide bonds. The van der Waals surface area contributed by atoms with E-state index in [1.54, 1.807) is 16.3 Å². The largest absolute Gasteiger partial charge is 1.00 e. The molecule has 0 unspecified atom stereocenters. The summed E-state index contributed by atoms with van der Waals surface area (Å²) in [5, 5.41) is 6.17. The van der Waals surface area contributed by atoms with Gasteiger partial charge in [-0.05, 0) is 57.9 Å². The molecule has 3 aromatic rings. The minimum absolute atomic E-state index is 0. The van der Waals surface area contributed by atoms with Crippen molar-refractivity contribution >= 4 is 34.6 Å². The molecule has 0 saturated heterocycles. The Bertz CT molecular complexity index is 1120. The fourth-order valence-corrected chi connectivity index (χ4v) is 5.18. The Kier molecular flexibility index (Phi) is 5.33. The van der Waals surface area contributed by atoms with Crippen molar-refractivity contribution in [3.8, 4) is 0 Å². The molecule has 28 heavy (non-hydrogen) atoms. The number of rotatable bonds is 5. The molecule has 0 spiro atoms.